The molecule has 3 heteroatoms. The molecule has 1 fully saturated rings. The average molecular weight is 274 g/mol. The second-order valence-electron chi connectivity index (χ2n) is 6.48. The summed E-state index contributed by atoms with van der Waals surface area (Å²) < 4.78 is 11.9. The SMILES string of the molecule is CC1(C)Cc2cccc(OCCC3CCCC3=O)c2O1. The highest BCUT2D eigenvalue weighted by Gasteiger charge is 2.32. The summed E-state index contributed by atoms with van der Waals surface area (Å²) in [7, 11) is 0. The van der Waals surface area contributed by atoms with Crippen LogP contribution in [0.2, 0.25) is 0 Å². The van der Waals surface area contributed by atoms with E-state index in [1.165, 1.54) is 5.56 Å². The van der Waals surface area contributed by atoms with Gasteiger partial charge in [0.25, 0.3) is 0 Å². The van der Waals surface area contributed by atoms with E-state index in [1.807, 2.05) is 12.1 Å². The molecular weight excluding hydrogens is 252 g/mol. The van der Waals surface area contributed by atoms with Gasteiger partial charge in [-0.25, -0.2) is 0 Å². The van der Waals surface area contributed by atoms with Gasteiger partial charge in [0.15, 0.2) is 11.5 Å². The molecule has 1 aromatic rings. The van der Waals surface area contributed by atoms with Crippen LogP contribution in [0.4, 0.5) is 0 Å². The van der Waals surface area contributed by atoms with Crippen molar-refractivity contribution >= 4 is 5.78 Å². The number of carbonyl (C=O) groups is 1. The summed E-state index contributed by atoms with van der Waals surface area (Å²) in [4.78, 5) is 11.6. The van der Waals surface area contributed by atoms with Crippen molar-refractivity contribution in [1.29, 1.82) is 0 Å². The first kappa shape index (κ1) is 13.5. The Bertz CT molecular complexity index is 519. The Balaban J connectivity index is 1.62. The number of ether oxygens (including phenoxy) is 2. The van der Waals surface area contributed by atoms with Crippen LogP contribution in [0.25, 0.3) is 0 Å². The molecule has 0 radical (unpaired) electrons. The molecule has 3 nitrogen and oxygen atoms in total. The topological polar surface area (TPSA) is 35.5 Å². The zero-order valence-electron chi connectivity index (χ0n) is 12.3. The molecule has 3 rings (SSSR count). The molecule has 1 saturated carbocycles. The number of carbonyl (C=O) groups excluding carboxylic acids is 1. The van der Waals surface area contributed by atoms with E-state index < -0.39 is 0 Å². The van der Waals surface area contributed by atoms with Gasteiger partial charge in [-0.3, -0.25) is 4.79 Å². The first-order valence-corrected chi connectivity index (χ1v) is 7.52. The van der Waals surface area contributed by atoms with Gasteiger partial charge in [0.05, 0.1) is 6.61 Å². The fraction of sp³-hybridized carbons (Fsp3) is 0.588. The summed E-state index contributed by atoms with van der Waals surface area (Å²) in [5, 5.41) is 0. The van der Waals surface area contributed by atoms with E-state index in [1.54, 1.807) is 0 Å². The van der Waals surface area contributed by atoms with E-state index in [0.717, 1.165) is 43.6 Å². The molecule has 1 atom stereocenters. The fourth-order valence-electron chi connectivity index (χ4n) is 3.21. The zero-order chi connectivity index (χ0) is 14.2. The molecular formula is C17H22O3. The molecule has 0 aromatic heterocycles. The van der Waals surface area contributed by atoms with Gasteiger partial charge in [0, 0.05) is 24.3 Å². The van der Waals surface area contributed by atoms with E-state index >= 15 is 0 Å². The van der Waals surface area contributed by atoms with Crippen molar-refractivity contribution < 1.29 is 14.3 Å². The minimum atomic E-state index is -0.150. The lowest BCUT2D eigenvalue weighted by Gasteiger charge is -2.18. The molecule has 1 aliphatic carbocycles. The van der Waals surface area contributed by atoms with E-state index in [0.29, 0.717) is 12.4 Å². The van der Waals surface area contributed by atoms with Crippen LogP contribution >= 0.6 is 0 Å². The van der Waals surface area contributed by atoms with Crippen molar-refractivity contribution in [2.75, 3.05) is 6.61 Å². The molecule has 1 aliphatic heterocycles. The molecule has 1 unspecified atom stereocenters. The Morgan fingerprint density at radius 1 is 1.40 bits per heavy atom. The van der Waals surface area contributed by atoms with Gasteiger partial charge in [-0.15, -0.1) is 0 Å². The van der Waals surface area contributed by atoms with Gasteiger partial charge >= 0.3 is 0 Å². The first-order valence-electron chi connectivity index (χ1n) is 7.52. The summed E-state index contributed by atoms with van der Waals surface area (Å²) in [5.41, 5.74) is 1.06. The van der Waals surface area contributed by atoms with Crippen LogP contribution in [0, 0.1) is 5.92 Å². The molecule has 1 aromatic carbocycles. The Morgan fingerprint density at radius 2 is 2.25 bits per heavy atom. The predicted octanol–water partition coefficient (Wildman–Crippen LogP) is 3.54. The number of hydrogen-bond acceptors (Lipinski definition) is 3. The van der Waals surface area contributed by atoms with Gasteiger partial charge < -0.3 is 9.47 Å². The van der Waals surface area contributed by atoms with Crippen molar-refractivity contribution in [3.8, 4) is 11.5 Å². The van der Waals surface area contributed by atoms with Gasteiger partial charge in [-0.05, 0) is 39.2 Å². The van der Waals surface area contributed by atoms with E-state index in [4.69, 9.17) is 9.47 Å². The molecule has 2 aliphatic rings. The molecule has 0 spiro atoms. The third kappa shape index (κ3) is 2.67. The lowest BCUT2D eigenvalue weighted by Crippen LogP contribution is -2.24. The summed E-state index contributed by atoms with van der Waals surface area (Å²) >= 11 is 0. The highest BCUT2D eigenvalue weighted by molar-refractivity contribution is 5.82. The maximum atomic E-state index is 11.6. The van der Waals surface area contributed by atoms with E-state index in [2.05, 4.69) is 19.9 Å². The molecule has 108 valence electrons. The third-order valence-electron chi connectivity index (χ3n) is 4.21. The van der Waals surface area contributed by atoms with Crippen molar-refractivity contribution in [3.05, 3.63) is 23.8 Å². The Hall–Kier alpha value is -1.51. The van der Waals surface area contributed by atoms with Crippen LogP contribution in [0.3, 0.4) is 0 Å². The lowest BCUT2D eigenvalue weighted by atomic mass is 10.0. The number of benzene rings is 1. The van der Waals surface area contributed by atoms with Crippen LogP contribution in [-0.4, -0.2) is 18.0 Å². The molecule has 0 N–H and O–H groups in total. The normalized spacial score (nSPS) is 23.5. The van der Waals surface area contributed by atoms with Crippen LogP contribution in [0.1, 0.15) is 45.1 Å². The number of rotatable bonds is 4. The average Bonchev–Trinajstić information content (AvgIpc) is 2.92. The quantitative estimate of drug-likeness (QED) is 0.842. The largest absolute Gasteiger partial charge is 0.490 e. The van der Waals surface area contributed by atoms with Crippen molar-refractivity contribution in [2.24, 2.45) is 5.92 Å². The standard InChI is InChI=1S/C17H22O3/c1-17(2)11-13-6-4-8-15(16(13)20-17)19-10-9-12-5-3-7-14(12)18/h4,6,8,12H,3,5,7,9-11H2,1-2H3. The number of Topliss-reactive ketones (excluding diaryl/α,β-unsaturated/α-hetero) is 1. The van der Waals surface area contributed by atoms with E-state index in [9.17, 15) is 4.79 Å². The number of hydrogen-bond donors (Lipinski definition) is 0. The van der Waals surface area contributed by atoms with Gasteiger partial charge in [-0.1, -0.05) is 12.1 Å². The Kier molecular flexibility index (Phi) is 3.45. The summed E-state index contributed by atoms with van der Waals surface area (Å²) in [5.74, 6) is 2.32. The van der Waals surface area contributed by atoms with Gasteiger partial charge in [0.1, 0.15) is 11.4 Å². The smallest absolute Gasteiger partial charge is 0.165 e. The molecule has 0 amide bonds. The number of para-hydroxylation sites is 1. The molecule has 0 bridgehead atoms. The second kappa shape index (κ2) is 5.12. The number of ketones is 1. The van der Waals surface area contributed by atoms with Crippen LogP contribution < -0.4 is 9.47 Å². The van der Waals surface area contributed by atoms with Crippen molar-refractivity contribution in [3.63, 3.8) is 0 Å². The lowest BCUT2D eigenvalue weighted by molar-refractivity contribution is -0.121. The third-order valence-corrected chi connectivity index (χ3v) is 4.21. The highest BCUT2D eigenvalue weighted by atomic mass is 16.5. The fourth-order valence-corrected chi connectivity index (χ4v) is 3.21. The summed E-state index contributed by atoms with van der Waals surface area (Å²) in [6.45, 7) is 4.78. The monoisotopic (exact) mass is 274 g/mol. The summed E-state index contributed by atoms with van der Waals surface area (Å²) in [6.07, 6.45) is 4.56. The number of fused-ring (bicyclic) bond motifs is 1. The molecule has 0 saturated heterocycles. The van der Waals surface area contributed by atoms with Gasteiger partial charge in [-0.2, -0.15) is 0 Å². The van der Waals surface area contributed by atoms with Gasteiger partial charge in [0.2, 0.25) is 0 Å². The Labute approximate surface area is 120 Å². The maximum absolute atomic E-state index is 11.6. The second-order valence-corrected chi connectivity index (χ2v) is 6.48. The molecule has 20 heavy (non-hydrogen) atoms. The minimum absolute atomic E-state index is 0.150. The first-order chi connectivity index (χ1) is 9.55. The van der Waals surface area contributed by atoms with Crippen molar-refractivity contribution in [2.45, 2.75) is 51.6 Å². The van der Waals surface area contributed by atoms with Crippen LogP contribution in [0.5, 0.6) is 11.5 Å². The van der Waals surface area contributed by atoms with Crippen LogP contribution in [0.15, 0.2) is 18.2 Å². The summed E-state index contributed by atoms with van der Waals surface area (Å²) in [6, 6.07) is 6.06. The van der Waals surface area contributed by atoms with E-state index in [-0.39, 0.29) is 11.5 Å². The minimum Gasteiger partial charge on any atom is -0.490 e. The van der Waals surface area contributed by atoms with Crippen molar-refractivity contribution in [1.82, 2.24) is 0 Å². The zero-order valence-corrected chi connectivity index (χ0v) is 12.3. The Morgan fingerprint density at radius 3 is 3.00 bits per heavy atom. The molecule has 1 heterocycles. The van der Waals surface area contributed by atoms with Crippen LogP contribution in [-0.2, 0) is 11.2 Å². The highest BCUT2D eigenvalue weighted by Crippen LogP contribution is 2.41. The maximum Gasteiger partial charge on any atom is 0.165 e. The predicted molar refractivity (Wildman–Crippen MR) is 77.3 cm³/mol.